The van der Waals surface area contributed by atoms with Crippen LogP contribution in [0.3, 0.4) is 0 Å². The van der Waals surface area contributed by atoms with Crippen LogP contribution in [-0.4, -0.2) is 15.3 Å². The molecule has 318 valence electrons. The first-order valence-electron chi connectivity index (χ1n) is 22.7. The molecule has 0 amide bonds. The first-order valence-corrected chi connectivity index (χ1v) is 22.7. The Kier molecular flexibility index (Phi) is 15.3. The van der Waals surface area contributed by atoms with Gasteiger partial charge in [0.05, 0.1) is 0 Å². The average Bonchev–Trinajstić information content (AvgIpc) is 3.31. The van der Waals surface area contributed by atoms with E-state index in [1.807, 2.05) is 30.3 Å². The number of hydrogen-bond acceptors (Lipinski definition) is 3. The maximum absolute atomic E-state index is 10.7. The largest absolute Gasteiger partial charge is 0.507 e. The first-order chi connectivity index (χ1) is 30.9. The predicted octanol–water partition coefficient (Wildman–Crippen LogP) is 15.3. The summed E-state index contributed by atoms with van der Waals surface area (Å²) in [5, 5.41) is 38.2. The Morgan fingerprint density at radius 3 is 1.00 bits per heavy atom. The van der Waals surface area contributed by atoms with Crippen molar-refractivity contribution in [2.24, 2.45) is 0 Å². The number of phenolic OH excluding ortho intramolecular Hbond substituents is 3. The van der Waals surface area contributed by atoms with Gasteiger partial charge in [0.25, 0.3) is 0 Å². The molecule has 63 heavy (non-hydrogen) atoms. The fourth-order valence-corrected chi connectivity index (χ4v) is 8.65. The number of rotatable bonds is 12. The van der Waals surface area contributed by atoms with Gasteiger partial charge in [-0.05, 0) is 111 Å². The SMILES string of the molecule is CCCCc1ccc2cccc(Cc3ccccc3)c2c1O.CCCc1ccc2cccc(Cc3ccccc3)c2c1O.CCc1ccc2cccc(Cc3ccccc3)c2c1O. The van der Waals surface area contributed by atoms with Crippen LogP contribution in [0.15, 0.2) is 182 Å². The topological polar surface area (TPSA) is 60.7 Å². The molecule has 3 heteroatoms. The third kappa shape index (κ3) is 11.0. The molecule has 3 nitrogen and oxygen atoms in total. The van der Waals surface area contributed by atoms with Crippen molar-refractivity contribution in [1.82, 2.24) is 0 Å². The summed E-state index contributed by atoms with van der Waals surface area (Å²) >= 11 is 0. The van der Waals surface area contributed by atoms with Crippen LogP contribution >= 0.6 is 0 Å². The molecule has 0 unspecified atom stereocenters. The summed E-state index contributed by atoms with van der Waals surface area (Å²) in [5.74, 6) is 1.37. The van der Waals surface area contributed by atoms with Gasteiger partial charge in [-0.25, -0.2) is 0 Å². The maximum Gasteiger partial charge on any atom is 0.126 e. The lowest BCUT2D eigenvalue weighted by Crippen LogP contribution is -1.93. The van der Waals surface area contributed by atoms with Crippen molar-refractivity contribution in [2.45, 2.75) is 78.6 Å². The first kappa shape index (κ1) is 44.2. The van der Waals surface area contributed by atoms with Crippen LogP contribution in [0.2, 0.25) is 0 Å². The molecule has 0 radical (unpaired) electrons. The van der Waals surface area contributed by atoms with Crippen molar-refractivity contribution in [3.8, 4) is 17.2 Å². The number of fused-ring (bicyclic) bond motifs is 3. The molecule has 0 aliphatic carbocycles. The van der Waals surface area contributed by atoms with Crippen LogP contribution in [-0.2, 0) is 38.5 Å². The van der Waals surface area contributed by atoms with Gasteiger partial charge in [-0.15, -0.1) is 0 Å². The molecule has 9 rings (SSSR count). The Hall–Kier alpha value is -6.84. The summed E-state index contributed by atoms with van der Waals surface area (Å²) in [7, 11) is 0. The number of aromatic hydroxyl groups is 3. The average molecular weight is 829 g/mol. The number of benzene rings is 9. The van der Waals surface area contributed by atoms with Crippen LogP contribution < -0.4 is 0 Å². The highest BCUT2D eigenvalue weighted by atomic mass is 16.3. The van der Waals surface area contributed by atoms with E-state index in [9.17, 15) is 15.3 Å². The van der Waals surface area contributed by atoms with Crippen molar-refractivity contribution in [3.63, 3.8) is 0 Å². The van der Waals surface area contributed by atoms with Crippen molar-refractivity contribution in [3.05, 3.63) is 232 Å². The Morgan fingerprint density at radius 2 is 0.651 bits per heavy atom. The van der Waals surface area contributed by atoms with Crippen LogP contribution in [0.1, 0.15) is 90.1 Å². The molecule has 0 atom stereocenters. The van der Waals surface area contributed by atoms with Crippen LogP contribution in [0.5, 0.6) is 17.2 Å². The minimum atomic E-state index is 0.441. The Morgan fingerprint density at radius 1 is 0.302 bits per heavy atom. The molecular weight excluding hydrogens is 769 g/mol. The van der Waals surface area contributed by atoms with Gasteiger partial charge >= 0.3 is 0 Å². The Bertz CT molecular complexity index is 2860. The lowest BCUT2D eigenvalue weighted by atomic mass is 9.94. The van der Waals surface area contributed by atoms with Crippen molar-refractivity contribution in [1.29, 1.82) is 0 Å². The smallest absolute Gasteiger partial charge is 0.126 e. The van der Waals surface area contributed by atoms with E-state index in [0.29, 0.717) is 17.2 Å². The van der Waals surface area contributed by atoms with Crippen molar-refractivity contribution in [2.75, 3.05) is 0 Å². The van der Waals surface area contributed by atoms with Crippen LogP contribution in [0, 0.1) is 0 Å². The second-order valence-electron chi connectivity index (χ2n) is 16.5. The molecule has 0 heterocycles. The van der Waals surface area contributed by atoms with Crippen molar-refractivity contribution >= 4 is 32.3 Å². The van der Waals surface area contributed by atoms with E-state index >= 15 is 0 Å². The minimum absolute atomic E-state index is 0.441. The zero-order chi connectivity index (χ0) is 44.0. The van der Waals surface area contributed by atoms with E-state index < -0.39 is 0 Å². The zero-order valence-corrected chi connectivity index (χ0v) is 37.0. The fraction of sp³-hybridized carbons (Fsp3) is 0.200. The molecule has 0 aliphatic heterocycles. The molecule has 0 saturated carbocycles. The van der Waals surface area contributed by atoms with Gasteiger partial charge in [0.15, 0.2) is 0 Å². The molecule has 3 N–H and O–H groups in total. The second-order valence-corrected chi connectivity index (χ2v) is 16.5. The number of hydrogen-bond donors (Lipinski definition) is 3. The van der Waals surface area contributed by atoms with Gasteiger partial charge in [0, 0.05) is 16.2 Å². The lowest BCUT2D eigenvalue weighted by Gasteiger charge is -2.12. The van der Waals surface area contributed by atoms with Crippen molar-refractivity contribution < 1.29 is 15.3 Å². The maximum atomic E-state index is 10.7. The molecular formula is C60H60O3. The number of phenols is 3. The number of unbranched alkanes of at least 4 members (excludes halogenated alkanes) is 1. The summed E-state index contributed by atoms with van der Waals surface area (Å²) in [6, 6.07) is 62.5. The van der Waals surface area contributed by atoms with Crippen LogP contribution in [0.4, 0.5) is 0 Å². The molecule has 0 fully saturated rings. The van der Waals surface area contributed by atoms with E-state index in [4.69, 9.17) is 0 Å². The second kappa shape index (κ2) is 21.8. The summed E-state index contributed by atoms with van der Waals surface area (Å²) in [5.41, 5.74) is 10.5. The highest BCUT2D eigenvalue weighted by molar-refractivity contribution is 5.94. The highest BCUT2D eigenvalue weighted by Gasteiger charge is 2.13. The summed E-state index contributed by atoms with van der Waals surface area (Å²) in [6.07, 6.45) is 8.55. The molecule has 0 aliphatic rings. The lowest BCUT2D eigenvalue weighted by molar-refractivity contribution is 0.473. The van der Waals surface area contributed by atoms with Gasteiger partial charge < -0.3 is 15.3 Å². The fourth-order valence-electron chi connectivity index (χ4n) is 8.65. The Labute approximate surface area is 374 Å². The van der Waals surface area contributed by atoms with Gasteiger partial charge in [-0.2, -0.15) is 0 Å². The molecule has 9 aromatic carbocycles. The number of aryl methyl sites for hydroxylation is 3. The quantitative estimate of drug-likeness (QED) is 0.115. The minimum Gasteiger partial charge on any atom is -0.507 e. The molecule has 9 aromatic rings. The van der Waals surface area contributed by atoms with E-state index in [1.165, 1.54) is 33.4 Å². The third-order valence-corrected chi connectivity index (χ3v) is 12.0. The Balaban J connectivity index is 0.000000142. The summed E-state index contributed by atoms with van der Waals surface area (Å²) in [6.45, 7) is 6.39. The van der Waals surface area contributed by atoms with E-state index in [1.54, 1.807) is 0 Å². The third-order valence-electron chi connectivity index (χ3n) is 12.0. The normalized spacial score (nSPS) is 10.9. The van der Waals surface area contributed by atoms with Gasteiger partial charge in [-0.1, -0.05) is 216 Å². The van der Waals surface area contributed by atoms with Gasteiger partial charge in [0.1, 0.15) is 17.2 Å². The predicted molar refractivity (Wildman–Crippen MR) is 267 cm³/mol. The van der Waals surface area contributed by atoms with Gasteiger partial charge in [-0.3, -0.25) is 0 Å². The monoisotopic (exact) mass is 828 g/mol. The zero-order valence-electron chi connectivity index (χ0n) is 37.0. The molecule has 0 aromatic heterocycles. The van der Waals surface area contributed by atoms with Gasteiger partial charge in [0.2, 0.25) is 0 Å². The standard InChI is InChI=1S/C21H22O.C20H20O.C19H18O/c1-2-3-10-18-14-13-17-11-7-12-19(20(17)21(18)22)15-16-8-5-4-6-9-16;1-2-7-17-13-12-16-10-6-11-18(19(16)20(17)21)14-15-8-4-3-5-9-15;1-2-15-11-12-16-9-6-10-17(18(16)19(15)20)13-14-7-4-3-5-8-14/h4-9,11-14,22H,2-3,10,15H2,1H3;3-6,8-13,21H,2,7,14H2,1H3;3-12,20H,2,13H2,1H3. The molecule has 0 saturated heterocycles. The summed E-state index contributed by atoms with van der Waals surface area (Å²) < 4.78 is 0. The highest BCUT2D eigenvalue weighted by Crippen LogP contribution is 2.36. The molecule has 0 spiro atoms. The van der Waals surface area contributed by atoms with E-state index in [0.717, 1.165) is 107 Å². The summed E-state index contributed by atoms with van der Waals surface area (Å²) in [4.78, 5) is 0. The molecule has 0 bridgehead atoms. The van der Waals surface area contributed by atoms with Crippen LogP contribution in [0.25, 0.3) is 32.3 Å². The van der Waals surface area contributed by atoms with E-state index in [-0.39, 0.29) is 0 Å². The van der Waals surface area contributed by atoms with E-state index in [2.05, 4.69) is 172 Å².